The number of amides is 1. The molecular weight excluding hydrogens is 296 g/mol. The van der Waals surface area contributed by atoms with Gasteiger partial charge in [0.05, 0.1) is 5.56 Å². The van der Waals surface area contributed by atoms with Gasteiger partial charge in [0.2, 0.25) is 0 Å². The fraction of sp³-hybridized carbons (Fsp3) is 0.235. The van der Waals surface area contributed by atoms with E-state index < -0.39 is 12.1 Å². The summed E-state index contributed by atoms with van der Waals surface area (Å²) in [6.45, 7) is 2.12. The number of aromatic carboxylic acids is 1. The molecule has 1 heterocycles. The first-order chi connectivity index (χ1) is 11.0. The Morgan fingerprint density at radius 2 is 1.65 bits per heavy atom. The highest BCUT2D eigenvalue weighted by atomic mass is 16.4. The summed E-state index contributed by atoms with van der Waals surface area (Å²) in [5.41, 5.74) is 1.98. The number of benzene rings is 1. The summed E-state index contributed by atoms with van der Waals surface area (Å²) in [6, 6.07) is 9.81. The molecule has 2 rings (SSSR count). The number of hydrogen-bond donors (Lipinski definition) is 2. The number of hydrogen-bond acceptors (Lipinski definition) is 3. The Hall–Kier alpha value is -2.89. The maximum absolute atomic E-state index is 11.5. The fourth-order valence-electron chi connectivity index (χ4n) is 2.33. The molecule has 0 saturated heterocycles. The Morgan fingerprint density at radius 3 is 2.17 bits per heavy atom. The average Bonchev–Trinajstić information content (AvgIpc) is 2.53. The highest BCUT2D eigenvalue weighted by Gasteiger charge is 2.20. The molecule has 0 radical (unpaired) electrons. The fourth-order valence-corrected chi connectivity index (χ4v) is 2.33. The number of carboxylic acids is 1. The summed E-state index contributed by atoms with van der Waals surface area (Å²) in [7, 11) is 0. The van der Waals surface area contributed by atoms with E-state index in [-0.39, 0.29) is 18.2 Å². The summed E-state index contributed by atoms with van der Waals surface area (Å²) < 4.78 is 0. The Bertz CT molecular complexity index is 671. The van der Waals surface area contributed by atoms with Crippen LogP contribution >= 0.6 is 0 Å². The predicted octanol–water partition coefficient (Wildman–Crippen LogP) is 2.89. The predicted molar refractivity (Wildman–Crippen MR) is 84.4 cm³/mol. The molecule has 6 nitrogen and oxygen atoms in total. The molecule has 1 aromatic carbocycles. The van der Waals surface area contributed by atoms with E-state index in [1.807, 2.05) is 6.92 Å². The van der Waals surface area contributed by atoms with E-state index in [4.69, 9.17) is 5.11 Å². The first-order valence-corrected chi connectivity index (χ1v) is 7.18. The van der Waals surface area contributed by atoms with Crippen LogP contribution in [0.5, 0.6) is 0 Å². The lowest BCUT2D eigenvalue weighted by Crippen LogP contribution is -2.38. The molecule has 2 N–H and O–H groups in total. The maximum Gasteiger partial charge on any atom is 0.407 e. The minimum absolute atomic E-state index is 0.216. The van der Waals surface area contributed by atoms with Gasteiger partial charge in [0.25, 0.3) is 0 Å². The lowest BCUT2D eigenvalue weighted by molar-refractivity contribution is 0.0696. The highest BCUT2D eigenvalue weighted by Crippen LogP contribution is 2.14. The van der Waals surface area contributed by atoms with Gasteiger partial charge in [-0.2, -0.15) is 0 Å². The van der Waals surface area contributed by atoms with E-state index in [1.54, 1.807) is 36.7 Å². The molecule has 1 amide bonds. The third-order valence-electron chi connectivity index (χ3n) is 3.61. The molecule has 0 aliphatic heterocycles. The smallest absolute Gasteiger partial charge is 0.407 e. The number of carboxylic acid groups (broad SMARTS) is 2. The zero-order chi connectivity index (χ0) is 16.8. The standard InChI is InChI=1S/C17H18N2O4/c1-12(10-13-2-4-15(5-3-13)16(20)21)19(17(22)23)11-14-6-8-18-9-7-14/h2-9,12H,10-11H2,1H3,(H,20,21)(H,22,23). The molecule has 6 heteroatoms. The van der Waals surface area contributed by atoms with Gasteiger partial charge in [-0.1, -0.05) is 12.1 Å². The van der Waals surface area contributed by atoms with Crippen molar-refractivity contribution in [2.24, 2.45) is 0 Å². The zero-order valence-corrected chi connectivity index (χ0v) is 12.7. The van der Waals surface area contributed by atoms with Crippen LogP contribution in [-0.4, -0.2) is 38.2 Å². The van der Waals surface area contributed by atoms with Crippen LogP contribution in [0.15, 0.2) is 48.8 Å². The minimum atomic E-state index is -0.989. The lowest BCUT2D eigenvalue weighted by Gasteiger charge is -2.26. The monoisotopic (exact) mass is 314 g/mol. The van der Waals surface area contributed by atoms with E-state index >= 15 is 0 Å². The van der Waals surface area contributed by atoms with Gasteiger partial charge in [-0.25, -0.2) is 9.59 Å². The van der Waals surface area contributed by atoms with Gasteiger partial charge in [0.1, 0.15) is 0 Å². The molecule has 1 atom stereocenters. The summed E-state index contributed by atoms with van der Waals surface area (Å²) in [6.07, 6.45) is 2.78. The lowest BCUT2D eigenvalue weighted by atomic mass is 10.0. The normalized spacial score (nSPS) is 11.7. The van der Waals surface area contributed by atoms with Crippen molar-refractivity contribution in [1.82, 2.24) is 9.88 Å². The van der Waals surface area contributed by atoms with Crippen molar-refractivity contribution >= 4 is 12.1 Å². The third kappa shape index (κ3) is 4.54. The van der Waals surface area contributed by atoms with Crippen LogP contribution in [0.4, 0.5) is 4.79 Å². The molecule has 1 unspecified atom stereocenters. The van der Waals surface area contributed by atoms with Gasteiger partial charge in [0.15, 0.2) is 0 Å². The molecular formula is C17H18N2O4. The molecule has 120 valence electrons. The molecule has 1 aromatic heterocycles. The number of pyridine rings is 1. The van der Waals surface area contributed by atoms with Crippen molar-refractivity contribution in [2.45, 2.75) is 25.9 Å². The number of nitrogens with zero attached hydrogens (tertiary/aromatic N) is 2. The van der Waals surface area contributed by atoms with Crippen molar-refractivity contribution in [1.29, 1.82) is 0 Å². The molecule has 0 fully saturated rings. The zero-order valence-electron chi connectivity index (χ0n) is 12.7. The Labute approximate surface area is 134 Å². The van der Waals surface area contributed by atoms with Crippen molar-refractivity contribution in [3.05, 3.63) is 65.5 Å². The van der Waals surface area contributed by atoms with Crippen LogP contribution in [0.1, 0.15) is 28.4 Å². The SMILES string of the molecule is CC(Cc1ccc(C(=O)O)cc1)N(Cc1ccncc1)C(=O)O. The molecule has 0 aliphatic rings. The van der Waals surface area contributed by atoms with Crippen LogP contribution in [-0.2, 0) is 13.0 Å². The Balaban J connectivity index is 2.07. The van der Waals surface area contributed by atoms with Crippen molar-refractivity contribution in [3.8, 4) is 0 Å². The summed E-state index contributed by atoms with van der Waals surface area (Å²) in [5, 5.41) is 18.3. The van der Waals surface area contributed by atoms with Crippen LogP contribution in [0, 0.1) is 0 Å². The largest absolute Gasteiger partial charge is 0.478 e. The second-order valence-corrected chi connectivity index (χ2v) is 5.32. The average molecular weight is 314 g/mol. The number of carbonyl (C=O) groups is 2. The van der Waals surface area contributed by atoms with E-state index in [0.29, 0.717) is 6.42 Å². The Kier molecular flexibility index (Phi) is 5.30. The van der Waals surface area contributed by atoms with Crippen LogP contribution in [0.25, 0.3) is 0 Å². The molecule has 0 spiro atoms. The first kappa shape index (κ1) is 16.5. The molecule has 2 aromatic rings. The topological polar surface area (TPSA) is 90.7 Å². The molecule has 0 saturated carbocycles. The van der Waals surface area contributed by atoms with Gasteiger partial charge in [0, 0.05) is 25.0 Å². The molecule has 23 heavy (non-hydrogen) atoms. The summed E-state index contributed by atoms with van der Waals surface area (Å²) >= 11 is 0. The second-order valence-electron chi connectivity index (χ2n) is 5.32. The van der Waals surface area contributed by atoms with E-state index in [9.17, 15) is 14.7 Å². The van der Waals surface area contributed by atoms with Crippen molar-refractivity contribution < 1.29 is 19.8 Å². The van der Waals surface area contributed by atoms with E-state index in [2.05, 4.69) is 4.98 Å². The first-order valence-electron chi connectivity index (χ1n) is 7.18. The van der Waals surface area contributed by atoms with Crippen molar-refractivity contribution in [3.63, 3.8) is 0 Å². The quantitative estimate of drug-likeness (QED) is 0.855. The van der Waals surface area contributed by atoms with E-state index in [0.717, 1.165) is 11.1 Å². The van der Waals surface area contributed by atoms with Crippen LogP contribution in [0.2, 0.25) is 0 Å². The van der Waals surface area contributed by atoms with E-state index in [1.165, 1.54) is 17.0 Å². The number of rotatable bonds is 6. The van der Waals surface area contributed by atoms with Gasteiger partial charge >= 0.3 is 12.1 Å². The summed E-state index contributed by atoms with van der Waals surface area (Å²) in [4.78, 5) is 27.6. The number of aromatic nitrogens is 1. The third-order valence-corrected chi connectivity index (χ3v) is 3.61. The van der Waals surface area contributed by atoms with Gasteiger partial charge < -0.3 is 15.1 Å². The van der Waals surface area contributed by atoms with Crippen LogP contribution < -0.4 is 0 Å². The highest BCUT2D eigenvalue weighted by molar-refractivity contribution is 5.87. The van der Waals surface area contributed by atoms with Gasteiger partial charge in [-0.3, -0.25) is 4.98 Å². The van der Waals surface area contributed by atoms with Gasteiger partial charge in [-0.05, 0) is 48.7 Å². The van der Waals surface area contributed by atoms with Crippen LogP contribution in [0.3, 0.4) is 0 Å². The molecule has 0 bridgehead atoms. The van der Waals surface area contributed by atoms with Gasteiger partial charge in [-0.15, -0.1) is 0 Å². The Morgan fingerprint density at radius 1 is 1.04 bits per heavy atom. The molecule has 0 aliphatic carbocycles. The maximum atomic E-state index is 11.5. The minimum Gasteiger partial charge on any atom is -0.478 e. The van der Waals surface area contributed by atoms with Crippen molar-refractivity contribution in [2.75, 3.05) is 0 Å². The summed E-state index contributed by atoms with van der Waals surface area (Å²) in [5.74, 6) is -0.977. The second kappa shape index (κ2) is 7.40.